The van der Waals surface area contributed by atoms with Gasteiger partial charge in [-0.1, -0.05) is 49.0 Å². The summed E-state index contributed by atoms with van der Waals surface area (Å²) in [7, 11) is 1.66. The highest BCUT2D eigenvalue weighted by Crippen LogP contribution is 2.27. The number of nitrogens with zero attached hydrogens (tertiary/aromatic N) is 4. The van der Waals surface area contributed by atoms with Crippen molar-refractivity contribution < 1.29 is 4.74 Å². The average Bonchev–Trinajstić information content (AvgIpc) is 3.17. The number of thioether (sulfide) groups is 1. The van der Waals surface area contributed by atoms with Gasteiger partial charge in [0.1, 0.15) is 11.6 Å². The Morgan fingerprint density at radius 2 is 1.77 bits per heavy atom. The fraction of sp³-hybridized carbons (Fsp3) is 0.261. The van der Waals surface area contributed by atoms with Gasteiger partial charge in [-0.25, -0.2) is 15.0 Å². The Balaban J connectivity index is 1.59. The molecule has 0 unspecified atom stereocenters. The topological polar surface area (TPSA) is 78.9 Å². The van der Waals surface area contributed by atoms with Crippen LogP contribution in [-0.2, 0) is 12.8 Å². The van der Waals surface area contributed by atoms with E-state index >= 15 is 0 Å². The second-order valence-corrected chi connectivity index (χ2v) is 7.98. The molecule has 0 saturated heterocycles. The first kappa shape index (κ1) is 20.2. The van der Waals surface area contributed by atoms with Crippen LogP contribution in [0.1, 0.15) is 24.7 Å². The van der Waals surface area contributed by atoms with E-state index in [1.165, 1.54) is 5.56 Å². The Hall–Kier alpha value is -3.06. The Labute approximate surface area is 180 Å². The molecule has 2 N–H and O–H groups in total. The van der Waals surface area contributed by atoms with Gasteiger partial charge in [0.25, 0.3) is 0 Å². The van der Waals surface area contributed by atoms with Crippen LogP contribution < -0.4 is 10.5 Å². The van der Waals surface area contributed by atoms with Crippen LogP contribution in [0.5, 0.6) is 5.75 Å². The number of hydrogen-bond donors (Lipinski definition) is 1. The van der Waals surface area contributed by atoms with Crippen LogP contribution in [0.25, 0.3) is 16.9 Å². The Morgan fingerprint density at radius 3 is 2.47 bits per heavy atom. The van der Waals surface area contributed by atoms with Gasteiger partial charge in [-0.2, -0.15) is 0 Å². The summed E-state index contributed by atoms with van der Waals surface area (Å²) in [5, 5.41) is 0.686. The zero-order chi connectivity index (χ0) is 20.9. The van der Waals surface area contributed by atoms with Gasteiger partial charge in [0.2, 0.25) is 0 Å². The molecule has 2 aromatic heterocycles. The van der Waals surface area contributed by atoms with Crippen molar-refractivity contribution in [3.8, 4) is 11.4 Å². The van der Waals surface area contributed by atoms with E-state index in [1.807, 2.05) is 30.3 Å². The number of rotatable bonds is 8. The van der Waals surface area contributed by atoms with Crippen molar-refractivity contribution in [1.29, 1.82) is 0 Å². The molecule has 4 aromatic rings. The number of ether oxygens (including phenoxy) is 1. The zero-order valence-electron chi connectivity index (χ0n) is 17.2. The predicted octanol–water partition coefficient (Wildman–Crippen LogP) is 4.69. The van der Waals surface area contributed by atoms with Crippen molar-refractivity contribution in [1.82, 2.24) is 19.5 Å². The first-order valence-corrected chi connectivity index (χ1v) is 11.0. The summed E-state index contributed by atoms with van der Waals surface area (Å²) in [6.45, 7) is 2.07. The van der Waals surface area contributed by atoms with Crippen LogP contribution in [0, 0.1) is 0 Å². The lowest BCUT2D eigenvalue weighted by Crippen LogP contribution is -2.03. The lowest BCUT2D eigenvalue weighted by molar-refractivity contribution is 0.414. The third-order valence-electron chi connectivity index (χ3n) is 4.91. The number of methoxy groups -OCH3 is 1. The number of aromatic nitrogens is 4. The van der Waals surface area contributed by atoms with Crippen molar-refractivity contribution in [2.75, 3.05) is 18.6 Å². The lowest BCUT2D eigenvalue weighted by atomic mass is 10.1. The first-order chi connectivity index (χ1) is 14.7. The van der Waals surface area contributed by atoms with E-state index in [-0.39, 0.29) is 0 Å². The molecule has 0 radical (unpaired) electrons. The molecule has 0 bridgehead atoms. The molecule has 30 heavy (non-hydrogen) atoms. The molecule has 0 fully saturated rings. The molecule has 0 saturated carbocycles. The molecule has 2 heterocycles. The van der Waals surface area contributed by atoms with Crippen LogP contribution in [-0.4, -0.2) is 32.4 Å². The van der Waals surface area contributed by atoms with E-state index in [1.54, 1.807) is 18.9 Å². The van der Waals surface area contributed by atoms with E-state index in [4.69, 9.17) is 20.4 Å². The van der Waals surface area contributed by atoms with Gasteiger partial charge in [-0.05, 0) is 42.7 Å². The molecule has 0 aliphatic rings. The minimum atomic E-state index is 0.424. The third-order valence-corrected chi connectivity index (χ3v) is 5.85. The summed E-state index contributed by atoms with van der Waals surface area (Å²) in [6, 6.07) is 18.4. The van der Waals surface area contributed by atoms with E-state index in [2.05, 4.69) is 40.7 Å². The molecule has 0 spiro atoms. The summed E-state index contributed by atoms with van der Waals surface area (Å²) >= 11 is 1.63. The van der Waals surface area contributed by atoms with Crippen LogP contribution in [0.2, 0.25) is 0 Å². The number of nitrogen functional groups attached to an aromatic ring is 1. The molecule has 2 aromatic carbocycles. The summed E-state index contributed by atoms with van der Waals surface area (Å²) in [6.07, 6.45) is 2.85. The Bertz CT molecular complexity index is 1130. The van der Waals surface area contributed by atoms with Crippen LogP contribution in [0.4, 0.5) is 5.82 Å². The van der Waals surface area contributed by atoms with E-state index < -0.39 is 0 Å². The third kappa shape index (κ3) is 4.26. The molecule has 0 amide bonds. The fourth-order valence-corrected chi connectivity index (χ4v) is 4.18. The zero-order valence-corrected chi connectivity index (χ0v) is 18.0. The van der Waals surface area contributed by atoms with Gasteiger partial charge in [0.15, 0.2) is 22.1 Å². The van der Waals surface area contributed by atoms with Crippen LogP contribution in [0.3, 0.4) is 0 Å². The van der Waals surface area contributed by atoms with Gasteiger partial charge in [-0.3, -0.25) is 4.57 Å². The Kier molecular flexibility index (Phi) is 6.18. The Morgan fingerprint density at radius 1 is 1.00 bits per heavy atom. The molecular formula is C23H25N5OS. The molecular weight excluding hydrogens is 394 g/mol. The largest absolute Gasteiger partial charge is 0.497 e. The SMILES string of the molecule is CCc1nc2c(N)nc(SCCCc3ccccc3)nc2n1-c1ccc(OC)cc1. The first-order valence-electron chi connectivity index (χ1n) is 10.1. The number of aryl methyl sites for hydroxylation is 2. The monoisotopic (exact) mass is 419 g/mol. The molecule has 6 nitrogen and oxygen atoms in total. The lowest BCUT2D eigenvalue weighted by Gasteiger charge is -2.09. The second kappa shape index (κ2) is 9.17. The van der Waals surface area contributed by atoms with Gasteiger partial charge < -0.3 is 10.5 Å². The van der Waals surface area contributed by atoms with E-state index in [9.17, 15) is 0 Å². The number of hydrogen-bond acceptors (Lipinski definition) is 6. The molecule has 7 heteroatoms. The number of benzene rings is 2. The van der Waals surface area contributed by atoms with Crippen LogP contribution in [0.15, 0.2) is 59.8 Å². The van der Waals surface area contributed by atoms with Gasteiger partial charge >= 0.3 is 0 Å². The number of imidazole rings is 1. The highest BCUT2D eigenvalue weighted by atomic mass is 32.2. The van der Waals surface area contributed by atoms with Crippen molar-refractivity contribution in [3.05, 3.63) is 66.0 Å². The van der Waals surface area contributed by atoms with Crippen LogP contribution >= 0.6 is 11.8 Å². The maximum Gasteiger partial charge on any atom is 0.191 e. The van der Waals surface area contributed by atoms with E-state index in [0.29, 0.717) is 16.5 Å². The number of fused-ring (bicyclic) bond motifs is 1. The number of nitrogens with two attached hydrogens (primary N) is 1. The maximum atomic E-state index is 6.25. The van der Waals surface area contributed by atoms with Gasteiger partial charge in [0.05, 0.1) is 7.11 Å². The summed E-state index contributed by atoms with van der Waals surface area (Å²) in [5.41, 5.74) is 9.97. The van der Waals surface area contributed by atoms with Crippen molar-refractivity contribution in [2.24, 2.45) is 0 Å². The molecule has 4 rings (SSSR count). The highest BCUT2D eigenvalue weighted by Gasteiger charge is 2.17. The second-order valence-electron chi connectivity index (χ2n) is 6.92. The average molecular weight is 420 g/mol. The predicted molar refractivity (Wildman–Crippen MR) is 122 cm³/mol. The van der Waals surface area contributed by atoms with Crippen molar-refractivity contribution in [2.45, 2.75) is 31.3 Å². The minimum Gasteiger partial charge on any atom is -0.497 e. The normalized spacial score (nSPS) is 11.1. The van der Waals surface area contributed by atoms with Crippen molar-refractivity contribution >= 4 is 28.7 Å². The van der Waals surface area contributed by atoms with E-state index in [0.717, 1.165) is 47.9 Å². The quantitative estimate of drug-likeness (QED) is 0.253. The highest BCUT2D eigenvalue weighted by molar-refractivity contribution is 7.99. The molecule has 154 valence electrons. The molecule has 0 atom stereocenters. The maximum absolute atomic E-state index is 6.25. The smallest absolute Gasteiger partial charge is 0.191 e. The number of anilines is 1. The van der Waals surface area contributed by atoms with Crippen molar-refractivity contribution in [3.63, 3.8) is 0 Å². The molecule has 0 aliphatic heterocycles. The summed E-state index contributed by atoms with van der Waals surface area (Å²) in [4.78, 5) is 14.0. The minimum absolute atomic E-state index is 0.424. The fourth-order valence-electron chi connectivity index (χ4n) is 3.39. The van der Waals surface area contributed by atoms with Gasteiger partial charge in [-0.15, -0.1) is 0 Å². The summed E-state index contributed by atoms with van der Waals surface area (Å²) in [5.74, 6) is 3.07. The summed E-state index contributed by atoms with van der Waals surface area (Å²) < 4.78 is 7.34. The molecule has 0 aliphatic carbocycles. The standard InChI is InChI=1S/C23H25N5OS/c1-3-19-25-20-21(24)26-23(30-15-7-10-16-8-5-4-6-9-16)27-22(20)28(19)17-11-13-18(29-2)14-12-17/h4-6,8-9,11-14H,3,7,10,15H2,1-2H3,(H2,24,26,27). The van der Waals surface area contributed by atoms with Gasteiger partial charge in [0, 0.05) is 17.9 Å².